The predicted octanol–water partition coefficient (Wildman–Crippen LogP) is 4.16. The van der Waals surface area contributed by atoms with Gasteiger partial charge in [0, 0.05) is 25.4 Å². The summed E-state index contributed by atoms with van der Waals surface area (Å²) in [6.45, 7) is 5.77. The van der Waals surface area contributed by atoms with E-state index in [0.717, 1.165) is 39.1 Å². The minimum atomic E-state index is 0.789. The Balaban J connectivity index is 1.61. The molecule has 0 unspecified atom stereocenters. The van der Waals surface area contributed by atoms with Crippen molar-refractivity contribution in [2.45, 2.75) is 19.8 Å². The number of aryl methyl sites for hydroxylation is 1. The normalized spacial score (nSPS) is 10.5. The molecule has 0 aliphatic carbocycles. The second-order valence-corrected chi connectivity index (χ2v) is 5.12. The molecule has 0 atom stereocenters. The Bertz CT molecular complexity index is 483. The summed E-state index contributed by atoms with van der Waals surface area (Å²) in [4.78, 5) is 2.34. The summed E-state index contributed by atoms with van der Waals surface area (Å²) in [5.41, 5.74) is 2.66. The highest BCUT2D eigenvalue weighted by molar-refractivity contribution is 5.45. The lowest BCUT2D eigenvalue weighted by molar-refractivity contribution is 0.138. The Kier molecular flexibility index (Phi) is 6.82. The largest absolute Gasteiger partial charge is 0.380 e. The lowest BCUT2D eigenvalue weighted by Gasteiger charge is -2.22. The Hall–Kier alpha value is -1.80. The molecule has 0 amide bonds. The van der Waals surface area contributed by atoms with Gasteiger partial charge >= 0.3 is 0 Å². The summed E-state index contributed by atoms with van der Waals surface area (Å²) in [5, 5.41) is 0. The molecule has 0 fully saturated rings. The number of hydrogen-bond acceptors (Lipinski definition) is 2. The quantitative estimate of drug-likeness (QED) is 0.641. The van der Waals surface area contributed by atoms with Crippen molar-refractivity contribution < 1.29 is 4.74 Å². The van der Waals surface area contributed by atoms with Crippen LogP contribution in [0.15, 0.2) is 60.7 Å². The van der Waals surface area contributed by atoms with E-state index in [2.05, 4.69) is 72.5 Å². The van der Waals surface area contributed by atoms with Crippen molar-refractivity contribution >= 4 is 5.69 Å². The number of likely N-dealkylation sites (N-methyl/N-ethyl adjacent to an activating group) is 1. The van der Waals surface area contributed by atoms with E-state index < -0.39 is 0 Å². The fourth-order valence-corrected chi connectivity index (χ4v) is 2.41. The van der Waals surface area contributed by atoms with Crippen molar-refractivity contribution in [3.05, 3.63) is 66.2 Å². The number of rotatable bonds is 9. The lowest BCUT2D eigenvalue weighted by Crippen LogP contribution is -2.27. The molecule has 0 radical (unpaired) electrons. The molecule has 0 aliphatic heterocycles. The fraction of sp³-hybridized carbons (Fsp3) is 0.368. The van der Waals surface area contributed by atoms with Gasteiger partial charge in [-0.3, -0.25) is 0 Å². The summed E-state index contributed by atoms with van der Waals surface area (Å²) in [6.07, 6.45) is 2.18. The highest BCUT2D eigenvalue weighted by atomic mass is 16.5. The molecule has 21 heavy (non-hydrogen) atoms. The lowest BCUT2D eigenvalue weighted by atomic mass is 10.1. The van der Waals surface area contributed by atoms with Crippen molar-refractivity contribution in [2.75, 3.05) is 31.2 Å². The van der Waals surface area contributed by atoms with Crippen molar-refractivity contribution in [3.8, 4) is 0 Å². The van der Waals surface area contributed by atoms with Gasteiger partial charge in [-0.15, -0.1) is 0 Å². The zero-order valence-electron chi connectivity index (χ0n) is 12.9. The minimum absolute atomic E-state index is 0.789. The number of anilines is 1. The Morgan fingerprint density at radius 1 is 0.857 bits per heavy atom. The molecule has 0 aliphatic rings. The van der Waals surface area contributed by atoms with Crippen LogP contribution in [-0.4, -0.2) is 26.3 Å². The van der Waals surface area contributed by atoms with Crippen molar-refractivity contribution in [3.63, 3.8) is 0 Å². The maximum atomic E-state index is 5.77. The number of benzene rings is 2. The molecular weight excluding hydrogens is 258 g/mol. The van der Waals surface area contributed by atoms with Crippen molar-refractivity contribution in [1.29, 1.82) is 0 Å². The van der Waals surface area contributed by atoms with Crippen LogP contribution in [0.3, 0.4) is 0 Å². The number of nitrogens with zero attached hydrogens (tertiary/aromatic N) is 1. The second-order valence-electron chi connectivity index (χ2n) is 5.12. The van der Waals surface area contributed by atoms with Crippen molar-refractivity contribution in [2.24, 2.45) is 0 Å². The summed E-state index contributed by atoms with van der Waals surface area (Å²) in [7, 11) is 0. The Labute approximate surface area is 128 Å². The highest BCUT2D eigenvalue weighted by Gasteiger charge is 2.02. The smallest absolute Gasteiger partial charge is 0.0641 e. The standard InChI is InChI=1S/C19H25NO/c1-2-20(19-13-7-4-8-14-19)15-17-21-16-9-12-18-10-5-3-6-11-18/h3-8,10-11,13-14H,2,9,12,15-17H2,1H3. The average molecular weight is 283 g/mol. The van der Waals surface area contributed by atoms with E-state index >= 15 is 0 Å². The molecule has 2 rings (SSSR count). The van der Waals surface area contributed by atoms with E-state index in [0.29, 0.717) is 0 Å². The van der Waals surface area contributed by atoms with Gasteiger partial charge in [0.15, 0.2) is 0 Å². The van der Waals surface area contributed by atoms with Crippen LogP contribution in [0.25, 0.3) is 0 Å². The molecule has 0 heterocycles. The molecular formula is C19H25NO. The van der Waals surface area contributed by atoms with Crippen LogP contribution in [-0.2, 0) is 11.2 Å². The van der Waals surface area contributed by atoms with Gasteiger partial charge in [0.2, 0.25) is 0 Å². The molecule has 0 spiro atoms. The monoisotopic (exact) mass is 283 g/mol. The van der Waals surface area contributed by atoms with Crippen LogP contribution < -0.4 is 4.90 Å². The molecule has 0 saturated carbocycles. The minimum Gasteiger partial charge on any atom is -0.380 e. The first-order chi connectivity index (χ1) is 10.4. The van der Waals surface area contributed by atoms with Gasteiger partial charge in [-0.05, 0) is 37.5 Å². The van der Waals surface area contributed by atoms with Gasteiger partial charge in [0.1, 0.15) is 0 Å². The fourth-order valence-electron chi connectivity index (χ4n) is 2.41. The SMILES string of the molecule is CCN(CCOCCCc1ccccc1)c1ccccc1. The van der Waals surface area contributed by atoms with Gasteiger partial charge in [0.05, 0.1) is 6.61 Å². The van der Waals surface area contributed by atoms with E-state index in [1.807, 2.05) is 0 Å². The van der Waals surface area contributed by atoms with Gasteiger partial charge in [-0.1, -0.05) is 48.5 Å². The van der Waals surface area contributed by atoms with Crippen LogP contribution in [0.1, 0.15) is 18.9 Å². The van der Waals surface area contributed by atoms with Gasteiger partial charge in [-0.2, -0.15) is 0 Å². The van der Waals surface area contributed by atoms with Gasteiger partial charge < -0.3 is 9.64 Å². The first-order valence-corrected chi connectivity index (χ1v) is 7.82. The highest BCUT2D eigenvalue weighted by Crippen LogP contribution is 2.12. The molecule has 0 aromatic heterocycles. The number of para-hydroxylation sites is 1. The first-order valence-electron chi connectivity index (χ1n) is 7.82. The maximum Gasteiger partial charge on any atom is 0.0641 e. The van der Waals surface area contributed by atoms with Crippen LogP contribution in [0.5, 0.6) is 0 Å². The predicted molar refractivity (Wildman–Crippen MR) is 89.9 cm³/mol. The van der Waals surface area contributed by atoms with E-state index in [4.69, 9.17) is 4.74 Å². The summed E-state index contributed by atoms with van der Waals surface area (Å²) >= 11 is 0. The molecule has 112 valence electrons. The second kappa shape index (κ2) is 9.19. The van der Waals surface area contributed by atoms with Crippen LogP contribution in [0.4, 0.5) is 5.69 Å². The number of hydrogen-bond donors (Lipinski definition) is 0. The van der Waals surface area contributed by atoms with E-state index in [1.54, 1.807) is 0 Å². The number of ether oxygens (including phenoxy) is 1. The molecule has 2 aromatic rings. The third-order valence-corrected chi connectivity index (χ3v) is 3.61. The summed E-state index contributed by atoms with van der Waals surface area (Å²) < 4.78 is 5.77. The molecule has 0 bridgehead atoms. The average Bonchev–Trinajstić information content (AvgIpc) is 2.56. The van der Waals surface area contributed by atoms with E-state index in [9.17, 15) is 0 Å². The summed E-state index contributed by atoms with van der Waals surface area (Å²) in [6, 6.07) is 21.1. The molecule has 0 saturated heterocycles. The van der Waals surface area contributed by atoms with Crippen LogP contribution in [0, 0.1) is 0 Å². The van der Waals surface area contributed by atoms with E-state index in [-0.39, 0.29) is 0 Å². The molecule has 0 N–H and O–H groups in total. The third kappa shape index (κ3) is 5.60. The zero-order valence-corrected chi connectivity index (χ0v) is 12.9. The van der Waals surface area contributed by atoms with Crippen LogP contribution in [0.2, 0.25) is 0 Å². The Morgan fingerprint density at radius 3 is 2.19 bits per heavy atom. The maximum absolute atomic E-state index is 5.77. The van der Waals surface area contributed by atoms with Gasteiger partial charge in [0.25, 0.3) is 0 Å². The zero-order chi connectivity index (χ0) is 14.8. The van der Waals surface area contributed by atoms with E-state index in [1.165, 1.54) is 11.3 Å². The first kappa shape index (κ1) is 15.6. The molecule has 2 aromatic carbocycles. The summed E-state index contributed by atoms with van der Waals surface area (Å²) in [5.74, 6) is 0. The molecule has 2 heteroatoms. The molecule has 2 nitrogen and oxygen atoms in total. The third-order valence-electron chi connectivity index (χ3n) is 3.61. The van der Waals surface area contributed by atoms with Crippen LogP contribution >= 0.6 is 0 Å². The van der Waals surface area contributed by atoms with Gasteiger partial charge in [-0.25, -0.2) is 0 Å². The Morgan fingerprint density at radius 2 is 1.52 bits per heavy atom. The topological polar surface area (TPSA) is 12.5 Å². The van der Waals surface area contributed by atoms with Crippen molar-refractivity contribution in [1.82, 2.24) is 0 Å².